The molecule has 6 rings (SSSR count). The number of benzene rings is 2. The van der Waals surface area contributed by atoms with Crippen LogP contribution in [0.2, 0.25) is 0 Å². The van der Waals surface area contributed by atoms with Gasteiger partial charge in [0, 0.05) is 51.0 Å². The number of ether oxygens (including phenoxy) is 4. The summed E-state index contributed by atoms with van der Waals surface area (Å²) < 4.78 is 22.1. The van der Waals surface area contributed by atoms with Gasteiger partial charge in [-0.3, -0.25) is 9.89 Å². The van der Waals surface area contributed by atoms with E-state index in [1.807, 2.05) is 24.3 Å². The van der Waals surface area contributed by atoms with Crippen LogP contribution >= 0.6 is 0 Å². The largest absolute Gasteiger partial charge is 0.454 e. The van der Waals surface area contributed by atoms with Gasteiger partial charge in [-0.15, -0.1) is 0 Å². The molecule has 2 fully saturated rings. The fraction of sp³-hybridized carbons (Fsp3) is 0.536. The summed E-state index contributed by atoms with van der Waals surface area (Å²) in [5.41, 5.74) is 8.20. The van der Waals surface area contributed by atoms with Crippen molar-refractivity contribution in [1.82, 2.24) is 9.80 Å². The zero-order valence-electron chi connectivity index (χ0n) is 21.4. The van der Waals surface area contributed by atoms with Crippen LogP contribution in [-0.2, 0) is 6.54 Å². The van der Waals surface area contributed by atoms with Crippen LogP contribution in [-0.4, -0.2) is 68.6 Å². The minimum absolute atomic E-state index is 0.273. The molecule has 2 aromatic carbocycles. The molecular weight excluding hydrogens is 470 g/mol. The van der Waals surface area contributed by atoms with Crippen LogP contribution in [0.1, 0.15) is 31.2 Å². The maximum absolute atomic E-state index is 5.98. The number of rotatable bonds is 6. The average Bonchev–Trinajstić information content (AvgIpc) is 3.60. The van der Waals surface area contributed by atoms with Crippen LogP contribution in [0.5, 0.6) is 23.0 Å². The molecule has 37 heavy (non-hydrogen) atoms. The minimum atomic E-state index is 0.273. The van der Waals surface area contributed by atoms with Crippen molar-refractivity contribution in [3.05, 3.63) is 42.0 Å². The zero-order chi connectivity index (χ0) is 25.0. The Balaban J connectivity index is 1.11. The Morgan fingerprint density at radius 3 is 2.35 bits per heavy atom. The third-order valence-corrected chi connectivity index (χ3v) is 7.87. The fourth-order valence-corrected chi connectivity index (χ4v) is 5.74. The second-order valence-corrected chi connectivity index (χ2v) is 10.4. The van der Waals surface area contributed by atoms with Crippen LogP contribution in [0.25, 0.3) is 0 Å². The molecule has 4 aliphatic rings. The number of anilines is 1. The molecule has 1 aliphatic carbocycles. The topological polar surface area (TPSA) is 93.8 Å². The third kappa shape index (κ3) is 5.72. The van der Waals surface area contributed by atoms with Crippen molar-refractivity contribution in [2.45, 2.75) is 32.2 Å². The molecule has 0 radical (unpaired) electrons. The van der Waals surface area contributed by atoms with E-state index in [1.54, 1.807) is 0 Å². The van der Waals surface area contributed by atoms with E-state index in [9.17, 15) is 0 Å². The molecule has 9 nitrogen and oxygen atoms in total. The van der Waals surface area contributed by atoms with E-state index in [0.717, 1.165) is 80.5 Å². The lowest BCUT2D eigenvalue weighted by molar-refractivity contribution is 0.172. The lowest BCUT2D eigenvalue weighted by Gasteiger charge is -2.37. The van der Waals surface area contributed by atoms with Crippen molar-refractivity contribution in [3.63, 3.8) is 0 Å². The van der Waals surface area contributed by atoms with Crippen molar-refractivity contribution in [2.75, 3.05) is 58.2 Å². The summed E-state index contributed by atoms with van der Waals surface area (Å²) in [5, 5.41) is 3.60. The number of fused-ring (bicyclic) bond motifs is 2. The minimum Gasteiger partial charge on any atom is -0.454 e. The molecule has 9 heteroatoms. The summed E-state index contributed by atoms with van der Waals surface area (Å²) in [6.07, 6.45) is 4.93. The number of piperazine rings is 1. The van der Waals surface area contributed by atoms with Gasteiger partial charge in [-0.25, -0.2) is 0 Å². The summed E-state index contributed by atoms with van der Waals surface area (Å²) in [7, 11) is 0. The summed E-state index contributed by atoms with van der Waals surface area (Å²) in [4.78, 5) is 10.0. The number of hydrogen-bond donors (Lipinski definition) is 2. The summed E-state index contributed by atoms with van der Waals surface area (Å²) in [6, 6.07) is 12.2. The first kappa shape index (κ1) is 24.2. The van der Waals surface area contributed by atoms with E-state index in [0.29, 0.717) is 18.6 Å². The molecule has 0 amide bonds. The molecule has 0 bridgehead atoms. The Bertz CT molecular complexity index is 1120. The SMILES string of the molecule is NCC1CCCC(CN=C(Nc2ccc3c(c2)OCO3)N2CCN(Cc3ccc4c(c3)OCO4)CC2)C1. The van der Waals surface area contributed by atoms with Gasteiger partial charge in [0.2, 0.25) is 13.6 Å². The quantitative estimate of drug-likeness (QED) is 0.453. The number of nitrogens with zero attached hydrogens (tertiary/aromatic N) is 3. The van der Waals surface area contributed by atoms with E-state index >= 15 is 0 Å². The number of guanidine groups is 1. The van der Waals surface area contributed by atoms with Crippen molar-refractivity contribution >= 4 is 11.6 Å². The predicted octanol–water partition coefficient (Wildman–Crippen LogP) is 3.49. The smallest absolute Gasteiger partial charge is 0.231 e. The molecule has 3 aliphatic heterocycles. The van der Waals surface area contributed by atoms with Crippen molar-refractivity contribution in [2.24, 2.45) is 22.6 Å². The lowest BCUT2D eigenvalue weighted by Crippen LogP contribution is -2.50. The van der Waals surface area contributed by atoms with Gasteiger partial charge >= 0.3 is 0 Å². The first-order valence-corrected chi connectivity index (χ1v) is 13.5. The van der Waals surface area contributed by atoms with Crippen LogP contribution in [0, 0.1) is 11.8 Å². The first-order chi connectivity index (χ1) is 18.2. The van der Waals surface area contributed by atoms with Gasteiger partial charge in [0.25, 0.3) is 0 Å². The lowest BCUT2D eigenvalue weighted by atomic mass is 9.81. The molecule has 0 spiro atoms. The first-order valence-electron chi connectivity index (χ1n) is 13.5. The normalized spacial score (nSPS) is 23.4. The predicted molar refractivity (Wildman–Crippen MR) is 142 cm³/mol. The second kappa shape index (κ2) is 11.1. The van der Waals surface area contributed by atoms with Gasteiger partial charge in [-0.2, -0.15) is 0 Å². The molecule has 2 unspecified atom stereocenters. The molecular formula is C28H37N5O4. The van der Waals surface area contributed by atoms with Crippen molar-refractivity contribution in [3.8, 4) is 23.0 Å². The van der Waals surface area contributed by atoms with Gasteiger partial charge in [0.05, 0.1) is 0 Å². The molecule has 3 heterocycles. The number of hydrogen-bond acceptors (Lipinski definition) is 7. The van der Waals surface area contributed by atoms with Gasteiger partial charge in [-0.05, 0) is 67.5 Å². The highest BCUT2D eigenvalue weighted by Gasteiger charge is 2.24. The Kier molecular flexibility index (Phi) is 7.23. The highest BCUT2D eigenvalue weighted by Crippen LogP contribution is 2.35. The Hall–Kier alpha value is -3.17. The van der Waals surface area contributed by atoms with E-state index in [1.165, 1.54) is 31.2 Å². The van der Waals surface area contributed by atoms with Crippen molar-refractivity contribution in [1.29, 1.82) is 0 Å². The molecule has 0 aromatic heterocycles. The monoisotopic (exact) mass is 507 g/mol. The van der Waals surface area contributed by atoms with Crippen LogP contribution < -0.4 is 30.0 Å². The summed E-state index contributed by atoms with van der Waals surface area (Å²) >= 11 is 0. The van der Waals surface area contributed by atoms with Gasteiger partial charge in [0.15, 0.2) is 29.0 Å². The maximum Gasteiger partial charge on any atom is 0.231 e. The van der Waals surface area contributed by atoms with E-state index in [4.69, 9.17) is 29.7 Å². The highest BCUT2D eigenvalue weighted by molar-refractivity contribution is 5.94. The number of aliphatic imine (C=N–C) groups is 1. The van der Waals surface area contributed by atoms with E-state index in [2.05, 4.69) is 27.2 Å². The highest BCUT2D eigenvalue weighted by atomic mass is 16.7. The van der Waals surface area contributed by atoms with E-state index in [-0.39, 0.29) is 6.79 Å². The third-order valence-electron chi connectivity index (χ3n) is 7.87. The average molecular weight is 508 g/mol. The van der Waals surface area contributed by atoms with Gasteiger partial charge in [-0.1, -0.05) is 12.5 Å². The summed E-state index contributed by atoms with van der Waals surface area (Å²) in [5.74, 6) is 5.42. The Labute approximate surface area is 218 Å². The van der Waals surface area contributed by atoms with Crippen LogP contribution in [0.15, 0.2) is 41.4 Å². The Morgan fingerprint density at radius 2 is 1.57 bits per heavy atom. The maximum atomic E-state index is 5.98. The number of nitrogens with one attached hydrogen (secondary N) is 1. The zero-order valence-corrected chi connectivity index (χ0v) is 21.4. The molecule has 1 saturated carbocycles. The molecule has 3 N–H and O–H groups in total. The van der Waals surface area contributed by atoms with Crippen molar-refractivity contribution < 1.29 is 18.9 Å². The second-order valence-electron chi connectivity index (χ2n) is 10.4. The standard InChI is InChI=1S/C28H37N5O4/c29-15-20-2-1-3-21(12-20)16-30-28(31-23-5-7-25-27(14-23)37-19-35-25)33-10-8-32(9-11-33)17-22-4-6-24-26(13-22)36-18-34-24/h4-7,13-14,20-21H,1-3,8-12,15-19,29H2,(H,30,31). The van der Waals surface area contributed by atoms with Gasteiger partial charge < -0.3 is 34.9 Å². The number of nitrogens with two attached hydrogens (primary N) is 1. The summed E-state index contributed by atoms with van der Waals surface area (Å²) in [6.45, 7) is 6.86. The molecule has 198 valence electrons. The van der Waals surface area contributed by atoms with Crippen LogP contribution in [0.4, 0.5) is 5.69 Å². The molecule has 2 atom stereocenters. The van der Waals surface area contributed by atoms with Crippen LogP contribution in [0.3, 0.4) is 0 Å². The molecule has 1 saturated heterocycles. The fourth-order valence-electron chi connectivity index (χ4n) is 5.74. The Morgan fingerprint density at radius 1 is 0.865 bits per heavy atom. The van der Waals surface area contributed by atoms with E-state index < -0.39 is 0 Å². The molecule has 2 aromatic rings. The van der Waals surface area contributed by atoms with Gasteiger partial charge in [0.1, 0.15) is 0 Å².